The van der Waals surface area contributed by atoms with E-state index in [1.54, 1.807) is 30.3 Å². The topological polar surface area (TPSA) is 123 Å². The van der Waals surface area contributed by atoms with E-state index in [0.29, 0.717) is 40.1 Å². The first-order valence-corrected chi connectivity index (χ1v) is 15.0. The van der Waals surface area contributed by atoms with E-state index >= 15 is 0 Å². The molecule has 1 saturated heterocycles. The first kappa shape index (κ1) is 32.4. The Morgan fingerprint density at radius 2 is 1.70 bits per heavy atom. The van der Waals surface area contributed by atoms with Crippen LogP contribution in [0.3, 0.4) is 0 Å². The van der Waals surface area contributed by atoms with Crippen molar-refractivity contribution in [2.45, 2.75) is 26.7 Å². The number of nitrogens with one attached hydrogen (secondary N) is 2. The molecule has 0 aromatic heterocycles. The molecule has 0 atom stereocenters. The summed E-state index contributed by atoms with van der Waals surface area (Å²) >= 11 is 6.83. The summed E-state index contributed by atoms with van der Waals surface area (Å²) in [5.41, 5.74) is 2.71. The molecule has 3 aromatic carbocycles. The number of thioether (sulfide) groups is 1. The van der Waals surface area contributed by atoms with Gasteiger partial charge in [0.2, 0.25) is 5.91 Å². The maximum atomic E-state index is 13.0. The molecule has 0 bridgehead atoms. The minimum atomic E-state index is -0.598. The molecule has 10 nitrogen and oxygen atoms in total. The zero-order valence-electron chi connectivity index (χ0n) is 24.6. The van der Waals surface area contributed by atoms with Gasteiger partial charge in [0.05, 0.1) is 23.6 Å². The number of carbonyl (C=O) groups is 4. The Kier molecular flexibility index (Phi) is 10.9. The number of hydrogen-bond acceptors (Lipinski definition) is 8. The van der Waals surface area contributed by atoms with Crippen LogP contribution in [0, 0.1) is 0 Å². The van der Waals surface area contributed by atoms with Crippen LogP contribution in [0.15, 0.2) is 65.6 Å². The predicted octanol–water partition coefficient (Wildman–Crippen LogP) is 6.56. The molecular weight excluding hydrogens is 606 g/mol. The number of benzene rings is 3. The number of halogens is 1. The summed E-state index contributed by atoms with van der Waals surface area (Å²) in [6.45, 7) is 5.54. The molecule has 1 aliphatic heterocycles. The lowest BCUT2D eigenvalue weighted by Crippen LogP contribution is -2.36. The molecule has 1 aliphatic rings. The van der Waals surface area contributed by atoms with Crippen LogP contribution in [0.2, 0.25) is 5.02 Å². The highest BCUT2D eigenvalue weighted by atomic mass is 35.5. The zero-order valence-corrected chi connectivity index (χ0v) is 26.2. The molecular formula is C32H32ClN3O7S. The van der Waals surface area contributed by atoms with Crippen molar-refractivity contribution in [3.63, 3.8) is 0 Å². The van der Waals surface area contributed by atoms with Crippen LogP contribution in [-0.2, 0) is 14.4 Å². The SMILES string of the molecule is CCOc1cc(/C=C2/SC(=O)N(CC(=O)Nc3ccc(OC)c(Cl)c3)C2=O)ccc1OCC(=O)Nc1ccccc1C(C)C. The highest BCUT2D eigenvalue weighted by Crippen LogP contribution is 2.35. The van der Waals surface area contributed by atoms with Crippen LogP contribution in [-0.4, -0.2) is 54.7 Å². The summed E-state index contributed by atoms with van der Waals surface area (Å²) in [5, 5.41) is 5.25. The Hall–Kier alpha value is -4.48. The van der Waals surface area contributed by atoms with Gasteiger partial charge in [0.25, 0.3) is 17.1 Å². The van der Waals surface area contributed by atoms with Crippen LogP contribution in [0.1, 0.15) is 37.8 Å². The molecule has 4 rings (SSSR count). The van der Waals surface area contributed by atoms with Crippen molar-refractivity contribution >= 4 is 63.8 Å². The molecule has 44 heavy (non-hydrogen) atoms. The fraction of sp³-hybridized carbons (Fsp3) is 0.250. The van der Waals surface area contributed by atoms with Crippen molar-refractivity contribution in [3.8, 4) is 17.2 Å². The summed E-state index contributed by atoms with van der Waals surface area (Å²) in [4.78, 5) is 51.9. The van der Waals surface area contributed by atoms with E-state index in [2.05, 4.69) is 24.5 Å². The third-order valence-corrected chi connectivity index (χ3v) is 7.59. The van der Waals surface area contributed by atoms with Crippen molar-refractivity contribution in [1.29, 1.82) is 0 Å². The van der Waals surface area contributed by atoms with Gasteiger partial charge in [0.1, 0.15) is 12.3 Å². The Morgan fingerprint density at radius 1 is 0.955 bits per heavy atom. The normalized spacial score (nSPS) is 13.8. The van der Waals surface area contributed by atoms with Gasteiger partial charge < -0.3 is 24.8 Å². The Balaban J connectivity index is 1.40. The molecule has 4 amide bonds. The van der Waals surface area contributed by atoms with Crippen molar-refractivity contribution in [3.05, 3.63) is 81.7 Å². The molecule has 1 heterocycles. The van der Waals surface area contributed by atoms with Crippen LogP contribution in [0.25, 0.3) is 6.08 Å². The number of para-hydroxylation sites is 1. The largest absolute Gasteiger partial charge is 0.495 e. The molecule has 230 valence electrons. The summed E-state index contributed by atoms with van der Waals surface area (Å²) in [6, 6.07) is 17.3. The standard InChI is InChI=1S/C32H32ClN3O7S/c1-5-42-27-14-20(10-12-26(27)43-18-30(38)35-24-9-7-6-8-22(24)19(2)3)15-28-31(39)36(32(40)44-28)17-29(37)34-21-11-13-25(41-4)23(33)16-21/h6-16,19H,5,17-18H2,1-4H3,(H,34,37)(H,35,38)/b28-15+. The number of imide groups is 1. The number of nitrogens with zero attached hydrogens (tertiary/aromatic N) is 1. The third-order valence-electron chi connectivity index (χ3n) is 6.39. The van der Waals surface area contributed by atoms with Crippen molar-refractivity contribution in [2.24, 2.45) is 0 Å². The molecule has 0 saturated carbocycles. The zero-order chi connectivity index (χ0) is 31.8. The van der Waals surface area contributed by atoms with Crippen LogP contribution < -0.4 is 24.8 Å². The molecule has 0 spiro atoms. The van der Waals surface area contributed by atoms with E-state index in [0.717, 1.165) is 27.9 Å². The maximum Gasteiger partial charge on any atom is 0.294 e. The van der Waals surface area contributed by atoms with E-state index in [-0.39, 0.29) is 23.3 Å². The van der Waals surface area contributed by atoms with Crippen molar-refractivity contribution in [1.82, 2.24) is 4.90 Å². The summed E-state index contributed by atoms with van der Waals surface area (Å²) < 4.78 is 16.6. The number of methoxy groups -OCH3 is 1. The minimum absolute atomic E-state index is 0.148. The third kappa shape index (κ3) is 8.12. The van der Waals surface area contributed by atoms with Crippen molar-refractivity contribution in [2.75, 3.05) is 37.5 Å². The van der Waals surface area contributed by atoms with Crippen molar-refractivity contribution < 1.29 is 33.4 Å². The van der Waals surface area contributed by atoms with Gasteiger partial charge in [-0.3, -0.25) is 24.1 Å². The molecule has 12 heteroatoms. The minimum Gasteiger partial charge on any atom is -0.495 e. The van der Waals surface area contributed by atoms with Gasteiger partial charge in [-0.15, -0.1) is 0 Å². The van der Waals surface area contributed by atoms with Gasteiger partial charge in [-0.2, -0.15) is 0 Å². The monoisotopic (exact) mass is 637 g/mol. The van der Waals surface area contributed by atoms with Gasteiger partial charge in [-0.05, 0) is 78.2 Å². The second kappa shape index (κ2) is 14.8. The first-order chi connectivity index (χ1) is 21.1. The van der Waals surface area contributed by atoms with Crippen LogP contribution in [0.5, 0.6) is 17.2 Å². The van der Waals surface area contributed by atoms with E-state index in [1.807, 2.05) is 31.2 Å². The second-order valence-electron chi connectivity index (χ2n) is 9.88. The van der Waals surface area contributed by atoms with Gasteiger partial charge in [-0.1, -0.05) is 49.7 Å². The number of amides is 4. The first-order valence-electron chi connectivity index (χ1n) is 13.8. The molecule has 0 radical (unpaired) electrons. The number of rotatable bonds is 12. The smallest absolute Gasteiger partial charge is 0.294 e. The van der Waals surface area contributed by atoms with E-state index in [9.17, 15) is 19.2 Å². The summed E-state index contributed by atoms with van der Waals surface area (Å²) in [6.07, 6.45) is 1.54. The predicted molar refractivity (Wildman–Crippen MR) is 172 cm³/mol. The summed E-state index contributed by atoms with van der Waals surface area (Å²) in [5.74, 6) is -0.0830. The van der Waals surface area contributed by atoms with E-state index in [4.69, 9.17) is 25.8 Å². The molecule has 3 aromatic rings. The fourth-order valence-electron chi connectivity index (χ4n) is 4.32. The van der Waals surface area contributed by atoms with Gasteiger partial charge in [-0.25, -0.2) is 0 Å². The second-order valence-corrected chi connectivity index (χ2v) is 11.3. The Morgan fingerprint density at radius 3 is 2.41 bits per heavy atom. The number of ether oxygens (including phenoxy) is 3. The molecule has 2 N–H and O–H groups in total. The molecule has 1 fully saturated rings. The lowest BCUT2D eigenvalue weighted by atomic mass is 10.0. The quantitative estimate of drug-likeness (QED) is 0.214. The van der Waals surface area contributed by atoms with E-state index in [1.165, 1.54) is 19.3 Å². The highest BCUT2D eigenvalue weighted by molar-refractivity contribution is 8.18. The lowest BCUT2D eigenvalue weighted by Gasteiger charge is -2.15. The maximum absolute atomic E-state index is 13.0. The van der Waals surface area contributed by atoms with Gasteiger partial charge in [0.15, 0.2) is 18.1 Å². The highest BCUT2D eigenvalue weighted by Gasteiger charge is 2.36. The Labute approximate surface area is 264 Å². The van der Waals surface area contributed by atoms with Gasteiger partial charge >= 0.3 is 0 Å². The number of anilines is 2. The Bertz CT molecular complexity index is 1610. The van der Waals surface area contributed by atoms with Crippen LogP contribution in [0.4, 0.5) is 16.2 Å². The van der Waals surface area contributed by atoms with E-state index < -0.39 is 23.6 Å². The number of carbonyl (C=O) groups excluding carboxylic acids is 4. The lowest BCUT2D eigenvalue weighted by molar-refractivity contribution is -0.127. The van der Waals surface area contributed by atoms with Gasteiger partial charge in [0, 0.05) is 11.4 Å². The van der Waals surface area contributed by atoms with Crippen LogP contribution >= 0.6 is 23.4 Å². The fourth-order valence-corrected chi connectivity index (χ4v) is 5.42. The average molecular weight is 638 g/mol. The average Bonchev–Trinajstić information content (AvgIpc) is 3.24. The molecule has 0 unspecified atom stereocenters. The summed E-state index contributed by atoms with van der Waals surface area (Å²) in [7, 11) is 1.47. The number of hydrogen-bond donors (Lipinski definition) is 2. The molecule has 0 aliphatic carbocycles.